The van der Waals surface area contributed by atoms with Crippen molar-refractivity contribution in [3.63, 3.8) is 0 Å². The van der Waals surface area contributed by atoms with Gasteiger partial charge >= 0.3 is 18.5 Å². The average molecular weight is 659 g/mol. The second-order valence-corrected chi connectivity index (χ2v) is 11.5. The van der Waals surface area contributed by atoms with E-state index in [1.807, 2.05) is 35.2 Å². The maximum atomic E-state index is 13.8. The zero-order chi connectivity index (χ0) is 33.3. The highest BCUT2D eigenvalue weighted by Crippen LogP contribution is 2.37. The topological polar surface area (TPSA) is 38.8 Å². The van der Waals surface area contributed by atoms with Crippen molar-refractivity contribution in [2.45, 2.75) is 50.1 Å². The Morgan fingerprint density at radius 1 is 0.696 bits per heavy atom. The summed E-state index contributed by atoms with van der Waals surface area (Å²) in [5, 5.41) is 3.06. The maximum Gasteiger partial charge on any atom is 0.416 e. The summed E-state index contributed by atoms with van der Waals surface area (Å²) in [4.78, 5) is 19.2. The summed E-state index contributed by atoms with van der Waals surface area (Å²) < 4.78 is 120. The smallest absolute Gasteiger partial charge is 0.368 e. The van der Waals surface area contributed by atoms with Crippen LogP contribution in [0.5, 0.6) is 0 Å². The van der Waals surface area contributed by atoms with Gasteiger partial charge in [-0.05, 0) is 53.9 Å². The Morgan fingerprint density at radius 2 is 1.30 bits per heavy atom. The van der Waals surface area contributed by atoms with Crippen LogP contribution in [-0.2, 0) is 36.4 Å². The van der Waals surface area contributed by atoms with E-state index in [1.165, 1.54) is 6.07 Å². The van der Waals surface area contributed by atoms with Gasteiger partial charge in [-0.3, -0.25) is 9.69 Å². The molecular weight excluding hydrogens is 627 g/mol. The first-order valence-corrected chi connectivity index (χ1v) is 14.6. The minimum atomic E-state index is -4.96. The van der Waals surface area contributed by atoms with E-state index in [-0.39, 0.29) is 43.6 Å². The van der Waals surface area contributed by atoms with Crippen LogP contribution in [0.25, 0.3) is 0 Å². The molecule has 3 aromatic carbocycles. The number of likely N-dealkylation sites (tertiary alicyclic amines) is 1. The molecule has 0 spiro atoms. The molecule has 2 aliphatic rings. The number of piperazine rings is 1. The number of carbonyl (C=O) groups excluding carboxylic acids is 1. The van der Waals surface area contributed by atoms with E-state index in [1.54, 1.807) is 15.9 Å². The maximum absolute atomic E-state index is 13.8. The molecule has 0 aromatic heterocycles. The van der Waals surface area contributed by atoms with Crippen molar-refractivity contribution in [2.75, 3.05) is 37.6 Å². The Balaban J connectivity index is 1.28. The van der Waals surface area contributed by atoms with Crippen molar-refractivity contribution in [1.82, 2.24) is 15.1 Å². The molecule has 0 saturated carbocycles. The Labute approximate surface area is 259 Å². The van der Waals surface area contributed by atoms with Gasteiger partial charge in [0.25, 0.3) is 0 Å². The number of rotatable bonds is 7. The van der Waals surface area contributed by atoms with Crippen LogP contribution in [0.3, 0.4) is 0 Å². The molecular formula is C32H31F9N4O. The highest BCUT2D eigenvalue weighted by atomic mass is 19.4. The third kappa shape index (κ3) is 8.13. The Hall–Kier alpha value is -3.78. The minimum Gasteiger partial charge on any atom is -0.368 e. The summed E-state index contributed by atoms with van der Waals surface area (Å²) in [7, 11) is 0. The van der Waals surface area contributed by atoms with Gasteiger partial charge in [0.05, 0.1) is 22.7 Å². The van der Waals surface area contributed by atoms with E-state index < -0.39 is 47.3 Å². The highest BCUT2D eigenvalue weighted by molar-refractivity contribution is 5.82. The molecule has 248 valence electrons. The molecule has 2 heterocycles. The fourth-order valence-electron chi connectivity index (χ4n) is 5.96. The standard InChI is InChI=1S/C32H31F9N4O/c33-30(34,35)23-7-4-8-27(16-23)43-9-11-44(12-10-43)29(46)28-17-26(20-45(28)19-21-5-2-1-3-6-21)42-18-22-13-24(31(36,37)38)15-25(14-22)32(39,40)41/h1-8,13-16,26,28,42H,9-12,17-20H2. The van der Waals surface area contributed by atoms with Crippen molar-refractivity contribution in [1.29, 1.82) is 0 Å². The number of hydrogen-bond acceptors (Lipinski definition) is 4. The monoisotopic (exact) mass is 658 g/mol. The average Bonchev–Trinajstić information content (AvgIpc) is 3.41. The molecule has 5 nitrogen and oxygen atoms in total. The lowest BCUT2D eigenvalue weighted by atomic mass is 10.0. The number of amides is 1. The predicted octanol–water partition coefficient (Wildman–Crippen LogP) is 6.82. The fourth-order valence-corrected chi connectivity index (χ4v) is 5.96. The summed E-state index contributed by atoms with van der Waals surface area (Å²) >= 11 is 0. The first-order chi connectivity index (χ1) is 21.6. The second-order valence-electron chi connectivity index (χ2n) is 11.5. The van der Waals surface area contributed by atoms with Crippen molar-refractivity contribution < 1.29 is 44.3 Å². The molecule has 2 unspecified atom stereocenters. The molecule has 14 heteroatoms. The summed E-state index contributed by atoms with van der Waals surface area (Å²) in [6.07, 6.45) is -14.1. The lowest BCUT2D eigenvalue weighted by Gasteiger charge is -2.38. The van der Waals surface area contributed by atoms with E-state index >= 15 is 0 Å². The first-order valence-electron chi connectivity index (χ1n) is 14.6. The Morgan fingerprint density at radius 3 is 1.89 bits per heavy atom. The summed E-state index contributed by atoms with van der Waals surface area (Å²) in [5.74, 6) is -0.192. The molecule has 46 heavy (non-hydrogen) atoms. The van der Waals surface area contributed by atoms with Crippen molar-refractivity contribution in [3.8, 4) is 0 Å². The van der Waals surface area contributed by atoms with E-state index in [4.69, 9.17) is 0 Å². The van der Waals surface area contributed by atoms with Gasteiger partial charge in [-0.25, -0.2) is 0 Å². The summed E-state index contributed by atoms with van der Waals surface area (Å²) in [6.45, 7) is 1.62. The zero-order valence-corrected chi connectivity index (χ0v) is 24.4. The van der Waals surface area contributed by atoms with Crippen molar-refractivity contribution in [3.05, 3.63) is 101 Å². The lowest BCUT2D eigenvalue weighted by Crippen LogP contribution is -2.53. The van der Waals surface area contributed by atoms with Gasteiger partial charge < -0.3 is 15.1 Å². The highest BCUT2D eigenvalue weighted by Gasteiger charge is 2.40. The van der Waals surface area contributed by atoms with Gasteiger partial charge in [-0.1, -0.05) is 36.4 Å². The number of alkyl halides is 9. The second kappa shape index (κ2) is 13.1. The molecule has 2 atom stereocenters. The van der Waals surface area contributed by atoms with E-state index in [2.05, 4.69) is 5.32 Å². The summed E-state index contributed by atoms with van der Waals surface area (Å²) in [6, 6.07) is 14.7. The molecule has 3 aromatic rings. The Kier molecular flexibility index (Phi) is 9.60. The molecule has 0 bridgehead atoms. The van der Waals surface area contributed by atoms with Crippen LogP contribution in [0.15, 0.2) is 72.8 Å². The van der Waals surface area contributed by atoms with Crippen LogP contribution < -0.4 is 10.2 Å². The van der Waals surface area contributed by atoms with Crippen molar-refractivity contribution in [2.24, 2.45) is 0 Å². The van der Waals surface area contributed by atoms with Crippen LogP contribution in [0, 0.1) is 0 Å². The van der Waals surface area contributed by atoms with Crippen LogP contribution >= 0.6 is 0 Å². The predicted molar refractivity (Wildman–Crippen MR) is 153 cm³/mol. The molecule has 2 saturated heterocycles. The van der Waals surface area contributed by atoms with Gasteiger partial charge in [0, 0.05) is 57.5 Å². The Bertz CT molecular complexity index is 1470. The number of nitrogens with one attached hydrogen (secondary N) is 1. The largest absolute Gasteiger partial charge is 0.416 e. The van der Waals surface area contributed by atoms with Crippen LogP contribution in [0.2, 0.25) is 0 Å². The van der Waals surface area contributed by atoms with Gasteiger partial charge in [0.1, 0.15) is 0 Å². The molecule has 5 rings (SSSR count). The van der Waals surface area contributed by atoms with E-state index in [0.29, 0.717) is 44.0 Å². The van der Waals surface area contributed by atoms with Gasteiger partial charge in [0.15, 0.2) is 0 Å². The number of hydrogen-bond donors (Lipinski definition) is 1. The number of anilines is 1. The summed E-state index contributed by atoms with van der Waals surface area (Å²) in [5.41, 5.74) is -2.41. The van der Waals surface area contributed by atoms with Gasteiger partial charge in [-0.2, -0.15) is 39.5 Å². The number of carbonyl (C=O) groups is 1. The van der Waals surface area contributed by atoms with Crippen LogP contribution in [-0.4, -0.2) is 60.5 Å². The normalized spacial score (nSPS) is 19.9. The fraction of sp³-hybridized carbons (Fsp3) is 0.406. The number of halogens is 9. The van der Waals surface area contributed by atoms with Crippen LogP contribution in [0.1, 0.15) is 34.2 Å². The molecule has 0 radical (unpaired) electrons. The van der Waals surface area contributed by atoms with E-state index in [9.17, 15) is 44.3 Å². The van der Waals surface area contributed by atoms with Gasteiger partial charge in [-0.15, -0.1) is 0 Å². The quantitative estimate of drug-likeness (QED) is 0.283. The molecule has 1 amide bonds. The molecule has 2 aliphatic heterocycles. The SMILES string of the molecule is O=C(C1CC(NCc2cc(C(F)(F)F)cc(C(F)(F)F)c2)CN1Cc1ccccc1)N1CCN(c2cccc(C(F)(F)F)c2)CC1. The third-order valence-electron chi connectivity index (χ3n) is 8.29. The first kappa shape index (κ1) is 33.6. The number of benzene rings is 3. The third-order valence-corrected chi connectivity index (χ3v) is 8.29. The van der Waals surface area contributed by atoms with Crippen molar-refractivity contribution >= 4 is 11.6 Å². The zero-order valence-electron chi connectivity index (χ0n) is 24.4. The number of nitrogens with zero attached hydrogens (tertiary/aromatic N) is 3. The van der Waals surface area contributed by atoms with Gasteiger partial charge in [0.2, 0.25) is 5.91 Å². The molecule has 1 N–H and O–H groups in total. The molecule has 2 fully saturated rings. The van der Waals surface area contributed by atoms with E-state index in [0.717, 1.165) is 17.7 Å². The lowest BCUT2D eigenvalue weighted by molar-refractivity contribution is -0.143. The molecule has 0 aliphatic carbocycles. The minimum absolute atomic E-state index is 0.0855. The van der Waals surface area contributed by atoms with Crippen LogP contribution in [0.4, 0.5) is 45.2 Å².